The SMILES string of the molecule is C#CC(NCCC)C(C)(C)N1CCCC1. The summed E-state index contributed by atoms with van der Waals surface area (Å²) in [5.41, 5.74) is 0.0838. The summed E-state index contributed by atoms with van der Waals surface area (Å²) in [7, 11) is 0. The summed E-state index contributed by atoms with van der Waals surface area (Å²) >= 11 is 0. The molecule has 0 aromatic rings. The highest BCUT2D eigenvalue weighted by Crippen LogP contribution is 2.24. The minimum atomic E-state index is 0.0838. The lowest BCUT2D eigenvalue weighted by Crippen LogP contribution is -2.56. The first-order valence-corrected chi connectivity index (χ1v) is 6.07. The molecule has 1 N–H and O–H groups in total. The van der Waals surface area contributed by atoms with Crippen molar-refractivity contribution in [1.29, 1.82) is 0 Å². The van der Waals surface area contributed by atoms with Gasteiger partial charge in [0, 0.05) is 5.54 Å². The largest absolute Gasteiger partial charge is 0.302 e. The van der Waals surface area contributed by atoms with Crippen LogP contribution in [0.2, 0.25) is 0 Å². The Morgan fingerprint density at radius 3 is 2.47 bits per heavy atom. The third-order valence-corrected chi connectivity index (χ3v) is 3.39. The van der Waals surface area contributed by atoms with Gasteiger partial charge in [0.05, 0.1) is 6.04 Å². The molecular weight excluding hydrogens is 184 g/mol. The molecule has 1 aliphatic rings. The molecule has 1 saturated heterocycles. The average Bonchev–Trinajstić information content (AvgIpc) is 2.72. The average molecular weight is 208 g/mol. The van der Waals surface area contributed by atoms with Crippen LogP contribution in [0.1, 0.15) is 40.0 Å². The van der Waals surface area contributed by atoms with E-state index in [9.17, 15) is 0 Å². The minimum absolute atomic E-state index is 0.0838. The van der Waals surface area contributed by atoms with Gasteiger partial charge in [0.1, 0.15) is 0 Å². The first kappa shape index (κ1) is 12.5. The van der Waals surface area contributed by atoms with Gasteiger partial charge in [-0.15, -0.1) is 6.42 Å². The van der Waals surface area contributed by atoms with Crippen molar-refractivity contribution in [2.45, 2.75) is 51.6 Å². The van der Waals surface area contributed by atoms with Crippen molar-refractivity contribution in [3.05, 3.63) is 0 Å². The second-order valence-electron chi connectivity index (χ2n) is 4.90. The second kappa shape index (κ2) is 5.53. The number of nitrogens with zero attached hydrogens (tertiary/aromatic N) is 1. The molecule has 0 aromatic carbocycles. The van der Waals surface area contributed by atoms with E-state index in [1.807, 2.05) is 0 Å². The fraction of sp³-hybridized carbons (Fsp3) is 0.846. The maximum absolute atomic E-state index is 5.63. The zero-order chi connectivity index (χ0) is 11.3. The van der Waals surface area contributed by atoms with Gasteiger partial charge in [-0.1, -0.05) is 12.8 Å². The smallest absolute Gasteiger partial charge is 0.0868 e. The van der Waals surface area contributed by atoms with Crippen molar-refractivity contribution in [1.82, 2.24) is 10.2 Å². The summed E-state index contributed by atoms with van der Waals surface area (Å²) in [6.07, 6.45) is 9.39. The molecule has 0 spiro atoms. The molecule has 1 aliphatic heterocycles. The molecule has 86 valence electrons. The maximum Gasteiger partial charge on any atom is 0.0868 e. The van der Waals surface area contributed by atoms with E-state index < -0.39 is 0 Å². The molecule has 0 amide bonds. The van der Waals surface area contributed by atoms with Crippen molar-refractivity contribution in [3.8, 4) is 12.3 Å². The van der Waals surface area contributed by atoms with Gasteiger partial charge < -0.3 is 5.32 Å². The van der Waals surface area contributed by atoms with Crippen LogP contribution in [0.5, 0.6) is 0 Å². The van der Waals surface area contributed by atoms with E-state index in [1.54, 1.807) is 0 Å². The molecular formula is C13H24N2. The van der Waals surface area contributed by atoms with Crippen LogP contribution in [0.15, 0.2) is 0 Å². The molecule has 0 radical (unpaired) electrons. The van der Waals surface area contributed by atoms with Crippen LogP contribution in [0.3, 0.4) is 0 Å². The van der Waals surface area contributed by atoms with E-state index in [0.29, 0.717) is 0 Å². The number of terminal acetylenes is 1. The number of likely N-dealkylation sites (tertiary alicyclic amines) is 1. The Balaban J connectivity index is 2.59. The van der Waals surface area contributed by atoms with Crippen LogP contribution < -0.4 is 5.32 Å². The highest BCUT2D eigenvalue weighted by atomic mass is 15.2. The van der Waals surface area contributed by atoms with E-state index in [0.717, 1.165) is 13.0 Å². The van der Waals surface area contributed by atoms with E-state index in [-0.39, 0.29) is 11.6 Å². The van der Waals surface area contributed by atoms with E-state index in [2.05, 4.69) is 36.9 Å². The van der Waals surface area contributed by atoms with Gasteiger partial charge in [0.2, 0.25) is 0 Å². The topological polar surface area (TPSA) is 15.3 Å². The van der Waals surface area contributed by atoms with Crippen LogP contribution in [0.25, 0.3) is 0 Å². The molecule has 0 aliphatic carbocycles. The second-order valence-corrected chi connectivity index (χ2v) is 4.90. The number of nitrogens with one attached hydrogen (secondary N) is 1. The maximum atomic E-state index is 5.63. The van der Waals surface area contributed by atoms with E-state index >= 15 is 0 Å². The molecule has 0 bridgehead atoms. The molecule has 2 nitrogen and oxygen atoms in total. The summed E-state index contributed by atoms with van der Waals surface area (Å²) < 4.78 is 0. The fourth-order valence-corrected chi connectivity index (χ4v) is 2.28. The third kappa shape index (κ3) is 2.96. The predicted molar refractivity (Wildman–Crippen MR) is 65.8 cm³/mol. The van der Waals surface area contributed by atoms with Crippen molar-refractivity contribution < 1.29 is 0 Å². The molecule has 15 heavy (non-hydrogen) atoms. The van der Waals surface area contributed by atoms with Gasteiger partial charge in [0.15, 0.2) is 0 Å². The van der Waals surface area contributed by atoms with Crippen molar-refractivity contribution in [2.75, 3.05) is 19.6 Å². The van der Waals surface area contributed by atoms with Gasteiger partial charge in [-0.05, 0) is 52.7 Å². The Morgan fingerprint density at radius 1 is 1.40 bits per heavy atom. The van der Waals surface area contributed by atoms with Gasteiger partial charge >= 0.3 is 0 Å². The van der Waals surface area contributed by atoms with Crippen LogP contribution in [-0.2, 0) is 0 Å². The Labute approximate surface area is 94.4 Å². The van der Waals surface area contributed by atoms with Crippen molar-refractivity contribution >= 4 is 0 Å². The monoisotopic (exact) mass is 208 g/mol. The van der Waals surface area contributed by atoms with Gasteiger partial charge in [0.25, 0.3) is 0 Å². The lowest BCUT2D eigenvalue weighted by atomic mass is 9.93. The summed E-state index contributed by atoms with van der Waals surface area (Å²) in [6.45, 7) is 10.1. The molecule has 1 unspecified atom stereocenters. The number of rotatable bonds is 5. The zero-order valence-corrected chi connectivity index (χ0v) is 10.3. The van der Waals surface area contributed by atoms with Crippen molar-refractivity contribution in [2.24, 2.45) is 0 Å². The van der Waals surface area contributed by atoms with Gasteiger partial charge in [-0.3, -0.25) is 4.90 Å². The molecule has 1 rings (SSSR count). The highest BCUT2D eigenvalue weighted by Gasteiger charge is 2.35. The lowest BCUT2D eigenvalue weighted by molar-refractivity contribution is 0.129. The van der Waals surface area contributed by atoms with E-state index in [1.165, 1.54) is 25.9 Å². The first-order valence-electron chi connectivity index (χ1n) is 6.07. The first-order chi connectivity index (χ1) is 7.12. The standard InChI is InChI=1S/C13H24N2/c1-5-9-14-12(6-2)13(3,4)15-10-7-8-11-15/h2,12,14H,5,7-11H2,1,3-4H3. The van der Waals surface area contributed by atoms with E-state index in [4.69, 9.17) is 6.42 Å². The number of hydrogen-bond donors (Lipinski definition) is 1. The quantitative estimate of drug-likeness (QED) is 0.694. The third-order valence-electron chi connectivity index (χ3n) is 3.39. The summed E-state index contributed by atoms with van der Waals surface area (Å²) in [5, 5.41) is 3.46. The minimum Gasteiger partial charge on any atom is -0.302 e. The molecule has 1 atom stereocenters. The molecule has 0 saturated carbocycles. The Kier molecular flexibility index (Phi) is 4.63. The predicted octanol–water partition coefficient (Wildman–Crippen LogP) is 1.86. The highest BCUT2D eigenvalue weighted by molar-refractivity contribution is 5.11. The Bertz CT molecular complexity index is 221. The summed E-state index contributed by atoms with van der Waals surface area (Å²) in [4.78, 5) is 2.51. The molecule has 1 fully saturated rings. The summed E-state index contributed by atoms with van der Waals surface area (Å²) in [6, 6.07) is 0.163. The Morgan fingerprint density at radius 2 is 2.00 bits per heavy atom. The summed E-state index contributed by atoms with van der Waals surface area (Å²) in [5.74, 6) is 2.90. The molecule has 2 heteroatoms. The molecule has 1 heterocycles. The Hall–Kier alpha value is -0.520. The van der Waals surface area contributed by atoms with Crippen LogP contribution in [0.4, 0.5) is 0 Å². The molecule has 0 aromatic heterocycles. The van der Waals surface area contributed by atoms with Gasteiger partial charge in [-0.25, -0.2) is 0 Å². The van der Waals surface area contributed by atoms with Crippen LogP contribution in [0, 0.1) is 12.3 Å². The lowest BCUT2D eigenvalue weighted by Gasteiger charge is -2.40. The van der Waals surface area contributed by atoms with Crippen molar-refractivity contribution in [3.63, 3.8) is 0 Å². The van der Waals surface area contributed by atoms with Gasteiger partial charge in [-0.2, -0.15) is 0 Å². The zero-order valence-electron chi connectivity index (χ0n) is 10.3. The van der Waals surface area contributed by atoms with Crippen LogP contribution in [-0.4, -0.2) is 36.1 Å². The van der Waals surface area contributed by atoms with Crippen LogP contribution >= 0.6 is 0 Å². The normalized spacial score (nSPS) is 20.1. The number of hydrogen-bond acceptors (Lipinski definition) is 2. The fourth-order valence-electron chi connectivity index (χ4n) is 2.28.